The smallest absolute Gasteiger partial charge is 0.120 e. The topological polar surface area (TPSA) is 45.6 Å². The van der Waals surface area contributed by atoms with E-state index < -0.39 is 0 Å². The number of pyridine rings is 1. The lowest BCUT2D eigenvalue weighted by atomic mass is 9.98. The van der Waals surface area contributed by atoms with Crippen molar-refractivity contribution in [2.24, 2.45) is 5.92 Å². The fourth-order valence-corrected chi connectivity index (χ4v) is 4.06. The predicted octanol–water partition coefficient (Wildman–Crippen LogP) is 4.19. The van der Waals surface area contributed by atoms with Gasteiger partial charge in [0.2, 0.25) is 0 Å². The van der Waals surface area contributed by atoms with Crippen LogP contribution in [0.5, 0.6) is 5.75 Å². The monoisotopic (exact) mass is 376 g/mol. The van der Waals surface area contributed by atoms with Crippen molar-refractivity contribution in [3.8, 4) is 5.75 Å². The molecule has 0 spiro atoms. The van der Waals surface area contributed by atoms with Gasteiger partial charge in [-0.1, -0.05) is 30.3 Å². The first kappa shape index (κ1) is 18.9. The van der Waals surface area contributed by atoms with Crippen LogP contribution in [0.3, 0.4) is 0 Å². The molecule has 146 valence electrons. The zero-order valence-corrected chi connectivity index (χ0v) is 16.5. The number of rotatable bonds is 7. The van der Waals surface area contributed by atoms with Crippen molar-refractivity contribution in [1.29, 1.82) is 0 Å². The third kappa shape index (κ3) is 4.51. The quantitative estimate of drug-likeness (QED) is 0.672. The van der Waals surface area contributed by atoms with E-state index in [0.29, 0.717) is 12.5 Å². The Morgan fingerprint density at radius 2 is 1.89 bits per heavy atom. The fraction of sp³-hybridized carbons (Fsp3) is 0.375. The maximum atomic E-state index is 9.17. The van der Waals surface area contributed by atoms with Crippen molar-refractivity contribution >= 4 is 10.9 Å². The summed E-state index contributed by atoms with van der Waals surface area (Å²) in [6, 6.07) is 18.7. The van der Waals surface area contributed by atoms with Crippen molar-refractivity contribution in [1.82, 2.24) is 9.88 Å². The molecule has 1 aromatic heterocycles. The number of ether oxygens (including phenoxy) is 1. The second kappa shape index (κ2) is 8.72. The van der Waals surface area contributed by atoms with Gasteiger partial charge < -0.3 is 9.84 Å². The molecule has 0 aliphatic carbocycles. The first-order valence-corrected chi connectivity index (χ1v) is 10.2. The normalized spacial score (nSPS) is 17.3. The molecule has 1 aliphatic heterocycles. The standard InChI is InChI=1S/C24H28N2O2/c1-2-28-23-9-10-24-21(14-23)7-8-22(25-24)16-26-12-11-20(15-26)13-18-3-5-19(17-27)6-4-18/h3-10,14,20,27H,2,11-13,15-17H2,1H3/t20-/m0/s1. The Kier molecular flexibility index (Phi) is 5.89. The van der Waals surface area contributed by atoms with E-state index in [9.17, 15) is 5.11 Å². The molecule has 1 atom stereocenters. The summed E-state index contributed by atoms with van der Waals surface area (Å²) in [5.41, 5.74) is 4.50. The third-order valence-corrected chi connectivity index (χ3v) is 5.51. The van der Waals surface area contributed by atoms with Gasteiger partial charge in [-0.05, 0) is 67.6 Å². The summed E-state index contributed by atoms with van der Waals surface area (Å²) in [6.07, 6.45) is 2.33. The van der Waals surface area contributed by atoms with Gasteiger partial charge in [0.05, 0.1) is 24.4 Å². The van der Waals surface area contributed by atoms with Gasteiger partial charge >= 0.3 is 0 Å². The van der Waals surface area contributed by atoms with Gasteiger partial charge in [-0.3, -0.25) is 9.88 Å². The Morgan fingerprint density at radius 3 is 2.68 bits per heavy atom. The molecular formula is C24H28N2O2. The molecule has 0 amide bonds. The third-order valence-electron chi connectivity index (χ3n) is 5.51. The number of aromatic nitrogens is 1. The number of nitrogens with zero attached hydrogens (tertiary/aromatic N) is 2. The Morgan fingerprint density at radius 1 is 1.07 bits per heavy atom. The molecule has 2 aromatic carbocycles. The Balaban J connectivity index is 1.36. The van der Waals surface area contributed by atoms with Crippen molar-refractivity contribution in [2.75, 3.05) is 19.7 Å². The summed E-state index contributed by atoms with van der Waals surface area (Å²) in [7, 11) is 0. The number of likely N-dealkylation sites (tertiary alicyclic amines) is 1. The van der Waals surface area contributed by atoms with Gasteiger partial charge in [-0.15, -0.1) is 0 Å². The number of hydrogen-bond donors (Lipinski definition) is 1. The number of hydrogen-bond acceptors (Lipinski definition) is 4. The van der Waals surface area contributed by atoms with Crippen LogP contribution in [0.2, 0.25) is 0 Å². The lowest BCUT2D eigenvalue weighted by molar-refractivity contribution is 0.282. The predicted molar refractivity (Wildman–Crippen MR) is 112 cm³/mol. The molecule has 1 fully saturated rings. The Bertz CT molecular complexity index is 924. The molecule has 4 heteroatoms. The summed E-state index contributed by atoms with van der Waals surface area (Å²) in [5, 5.41) is 10.3. The minimum Gasteiger partial charge on any atom is -0.494 e. The maximum absolute atomic E-state index is 9.17. The Labute approximate surface area is 166 Å². The van der Waals surface area contributed by atoms with Gasteiger partial charge in [0, 0.05) is 18.5 Å². The molecule has 0 radical (unpaired) electrons. The highest BCUT2D eigenvalue weighted by atomic mass is 16.5. The zero-order valence-electron chi connectivity index (χ0n) is 16.5. The number of benzene rings is 2. The average molecular weight is 377 g/mol. The molecule has 0 bridgehead atoms. The summed E-state index contributed by atoms with van der Waals surface area (Å²) in [6.45, 7) is 5.94. The lowest BCUT2D eigenvalue weighted by Crippen LogP contribution is -2.21. The van der Waals surface area contributed by atoms with Crippen LogP contribution in [0.25, 0.3) is 10.9 Å². The van der Waals surface area contributed by atoms with Crippen molar-refractivity contribution in [3.05, 3.63) is 71.4 Å². The van der Waals surface area contributed by atoms with Gasteiger partial charge in [-0.2, -0.15) is 0 Å². The minimum absolute atomic E-state index is 0.114. The van der Waals surface area contributed by atoms with Crippen molar-refractivity contribution in [2.45, 2.75) is 32.9 Å². The van der Waals surface area contributed by atoms with E-state index in [4.69, 9.17) is 9.72 Å². The molecular weight excluding hydrogens is 348 g/mol. The average Bonchev–Trinajstić information content (AvgIpc) is 3.15. The first-order valence-electron chi connectivity index (χ1n) is 10.2. The van der Waals surface area contributed by atoms with Crippen LogP contribution in [-0.4, -0.2) is 34.7 Å². The van der Waals surface area contributed by atoms with E-state index in [1.54, 1.807) is 0 Å². The molecule has 1 saturated heterocycles. The highest BCUT2D eigenvalue weighted by Gasteiger charge is 2.23. The number of aliphatic hydroxyl groups excluding tert-OH is 1. The van der Waals surface area contributed by atoms with E-state index in [2.05, 4.69) is 35.2 Å². The molecule has 0 saturated carbocycles. The second-order valence-electron chi connectivity index (χ2n) is 7.66. The molecule has 28 heavy (non-hydrogen) atoms. The van der Waals surface area contributed by atoms with Crippen LogP contribution in [0.15, 0.2) is 54.6 Å². The molecule has 4 rings (SSSR count). The summed E-state index contributed by atoms with van der Waals surface area (Å²) >= 11 is 0. The minimum atomic E-state index is 0.114. The van der Waals surface area contributed by atoms with Crippen LogP contribution in [0.4, 0.5) is 0 Å². The van der Waals surface area contributed by atoms with E-state index in [1.807, 2.05) is 31.2 Å². The summed E-state index contributed by atoms with van der Waals surface area (Å²) < 4.78 is 5.58. The SMILES string of the molecule is CCOc1ccc2nc(CN3CC[C@@H](Cc4ccc(CO)cc4)C3)ccc2c1. The lowest BCUT2D eigenvalue weighted by Gasteiger charge is -2.16. The van der Waals surface area contributed by atoms with Gasteiger partial charge in [-0.25, -0.2) is 0 Å². The van der Waals surface area contributed by atoms with Crippen molar-refractivity contribution in [3.63, 3.8) is 0 Å². The van der Waals surface area contributed by atoms with Crippen LogP contribution in [-0.2, 0) is 19.6 Å². The number of aliphatic hydroxyl groups is 1. The highest BCUT2D eigenvalue weighted by molar-refractivity contribution is 5.80. The zero-order chi connectivity index (χ0) is 19.3. The summed E-state index contributed by atoms with van der Waals surface area (Å²) in [5.74, 6) is 1.59. The molecule has 1 N–H and O–H groups in total. The van der Waals surface area contributed by atoms with Crippen molar-refractivity contribution < 1.29 is 9.84 Å². The summed E-state index contributed by atoms with van der Waals surface area (Å²) in [4.78, 5) is 7.36. The molecule has 1 aliphatic rings. The molecule has 4 nitrogen and oxygen atoms in total. The van der Waals surface area contributed by atoms with Crippen LogP contribution in [0, 0.1) is 5.92 Å². The first-order chi connectivity index (χ1) is 13.7. The number of fused-ring (bicyclic) bond motifs is 1. The van der Waals surface area contributed by atoms with E-state index in [-0.39, 0.29) is 6.61 Å². The van der Waals surface area contributed by atoms with Gasteiger partial charge in [0.1, 0.15) is 5.75 Å². The van der Waals surface area contributed by atoms with E-state index in [0.717, 1.165) is 54.0 Å². The van der Waals surface area contributed by atoms with Crippen LogP contribution >= 0.6 is 0 Å². The fourth-order valence-electron chi connectivity index (χ4n) is 4.06. The van der Waals surface area contributed by atoms with E-state index in [1.165, 1.54) is 12.0 Å². The molecule has 0 unspecified atom stereocenters. The van der Waals surface area contributed by atoms with E-state index >= 15 is 0 Å². The van der Waals surface area contributed by atoms with Gasteiger partial charge in [0.15, 0.2) is 0 Å². The highest BCUT2D eigenvalue weighted by Crippen LogP contribution is 2.24. The van der Waals surface area contributed by atoms with Crippen LogP contribution in [0.1, 0.15) is 30.2 Å². The van der Waals surface area contributed by atoms with Gasteiger partial charge in [0.25, 0.3) is 0 Å². The second-order valence-corrected chi connectivity index (χ2v) is 7.66. The van der Waals surface area contributed by atoms with Crippen LogP contribution < -0.4 is 4.74 Å². The largest absolute Gasteiger partial charge is 0.494 e. The maximum Gasteiger partial charge on any atom is 0.120 e. The molecule has 3 aromatic rings. The Hall–Kier alpha value is -2.43. The molecule has 2 heterocycles.